The number of hydrogen-bond donors (Lipinski definition) is 1. The second-order valence-corrected chi connectivity index (χ2v) is 5.11. The molecular formula is C16H25N3O. The van der Waals surface area contributed by atoms with Crippen LogP contribution in [0.4, 0.5) is 0 Å². The molecule has 0 radical (unpaired) electrons. The Morgan fingerprint density at radius 1 is 1.30 bits per heavy atom. The first-order valence-electron chi connectivity index (χ1n) is 7.46. The third kappa shape index (κ3) is 3.38. The van der Waals surface area contributed by atoms with Crippen molar-refractivity contribution >= 4 is 11.0 Å². The van der Waals surface area contributed by atoms with Gasteiger partial charge in [0.25, 0.3) is 0 Å². The average molecular weight is 275 g/mol. The zero-order valence-electron chi connectivity index (χ0n) is 12.7. The molecule has 2 aromatic rings. The molecule has 1 aromatic heterocycles. The number of nitrogens with one attached hydrogen (secondary N) is 1. The Kier molecular flexibility index (Phi) is 5.56. The van der Waals surface area contributed by atoms with Crippen molar-refractivity contribution in [1.29, 1.82) is 0 Å². The topological polar surface area (TPSA) is 39.1 Å². The highest BCUT2D eigenvalue weighted by Gasteiger charge is 2.11. The van der Waals surface area contributed by atoms with E-state index < -0.39 is 0 Å². The fourth-order valence-corrected chi connectivity index (χ4v) is 2.49. The normalized spacial score (nSPS) is 12.9. The third-order valence-corrected chi connectivity index (χ3v) is 3.59. The molecule has 0 aliphatic rings. The third-order valence-electron chi connectivity index (χ3n) is 3.59. The van der Waals surface area contributed by atoms with Crippen LogP contribution in [0, 0.1) is 0 Å². The molecule has 4 heteroatoms. The fourth-order valence-electron chi connectivity index (χ4n) is 2.49. The highest BCUT2D eigenvalue weighted by molar-refractivity contribution is 5.75. The molecule has 1 aromatic carbocycles. The van der Waals surface area contributed by atoms with Gasteiger partial charge >= 0.3 is 0 Å². The van der Waals surface area contributed by atoms with Gasteiger partial charge < -0.3 is 14.6 Å². The van der Waals surface area contributed by atoms with Gasteiger partial charge in [-0.1, -0.05) is 26.0 Å². The van der Waals surface area contributed by atoms with E-state index >= 15 is 0 Å². The summed E-state index contributed by atoms with van der Waals surface area (Å²) in [6, 6.07) is 8.73. The van der Waals surface area contributed by atoms with Crippen LogP contribution in [-0.2, 0) is 17.8 Å². The molecule has 0 amide bonds. The second kappa shape index (κ2) is 7.41. The molecule has 1 atom stereocenters. The van der Waals surface area contributed by atoms with Crippen LogP contribution >= 0.6 is 0 Å². The number of imidazole rings is 1. The van der Waals surface area contributed by atoms with Gasteiger partial charge in [-0.25, -0.2) is 4.98 Å². The van der Waals surface area contributed by atoms with Crippen LogP contribution in [0.2, 0.25) is 0 Å². The van der Waals surface area contributed by atoms with E-state index in [4.69, 9.17) is 9.72 Å². The van der Waals surface area contributed by atoms with Crippen LogP contribution in [0.1, 0.15) is 32.5 Å². The van der Waals surface area contributed by atoms with Gasteiger partial charge in [0.2, 0.25) is 0 Å². The molecule has 1 N–H and O–H groups in total. The molecule has 1 heterocycles. The standard InChI is InChI=1S/C16H25N3O/c1-4-10-19-15-9-7-6-8-14(15)18-16(19)11-17-13(5-2)12-20-3/h6-9,13,17H,4-5,10-12H2,1-3H3. The summed E-state index contributed by atoms with van der Waals surface area (Å²) >= 11 is 0. The number of benzene rings is 1. The van der Waals surface area contributed by atoms with E-state index in [1.165, 1.54) is 5.52 Å². The van der Waals surface area contributed by atoms with Crippen LogP contribution < -0.4 is 5.32 Å². The maximum atomic E-state index is 5.23. The molecule has 110 valence electrons. The van der Waals surface area contributed by atoms with Crippen molar-refractivity contribution in [3.05, 3.63) is 30.1 Å². The SMILES string of the molecule is CCCn1c(CNC(CC)COC)nc2ccccc21. The highest BCUT2D eigenvalue weighted by atomic mass is 16.5. The summed E-state index contributed by atoms with van der Waals surface area (Å²) in [6.45, 7) is 6.91. The number of hydrogen-bond acceptors (Lipinski definition) is 3. The smallest absolute Gasteiger partial charge is 0.123 e. The Labute approximate surface area is 121 Å². The molecule has 0 bridgehead atoms. The molecule has 0 saturated heterocycles. The molecule has 0 saturated carbocycles. The maximum absolute atomic E-state index is 5.23. The molecule has 0 spiro atoms. The Hall–Kier alpha value is -1.39. The number of ether oxygens (including phenoxy) is 1. The van der Waals surface area contributed by atoms with E-state index in [1.54, 1.807) is 7.11 Å². The van der Waals surface area contributed by atoms with Gasteiger partial charge in [-0.05, 0) is 25.0 Å². The van der Waals surface area contributed by atoms with Crippen molar-refractivity contribution < 1.29 is 4.74 Å². The van der Waals surface area contributed by atoms with Gasteiger partial charge in [0.1, 0.15) is 5.82 Å². The van der Waals surface area contributed by atoms with E-state index in [2.05, 4.69) is 41.9 Å². The zero-order chi connectivity index (χ0) is 14.4. The molecular weight excluding hydrogens is 250 g/mol. The minimum absolute atomic E-state index is 0.384. The van der Waals surface area contributed by atoms with E-state index in [9.17, 15) is 0 Å². The number of methoxy groups -OCH3 is 1. The lowest BCUT2D eigenvalue weighted by Gasteiger charge is -2.16. The molecule has 0 fully saturated rings. The first-order valence-corrected chi connectivity index (χ1v) is 7.46. The van der Waals surface area contributed by atoms with Gasteiger partial charge in [0, 0.05) is 19.7 Å². The largest absolute Gasteiger partial charge is 0.383 e. The van der Waals surface area contributed by atoms with E-state index in [-0.39, 0.29) is 0 Å². The molecule has 0 aliphatic heterocycles. The lowest BCUT2D eigenvalue weighted by molar-refractivity contribution is 0.163. The summed E-state index contributed by atoms with van der Waals surface area (Å²) in [7, 11) is 1.75. The number of aromatic nitrogens is 2. The highest BCUT2D eigenvalue weighted by Crippen LogP contribution is 2.16. The van der Waals surface area contributed by atoms with Crippen LogP contribution in [0.3, 0.4) is 0 Å². The minimum Gasteiger partial charge on any atom is -0.383 e. The summed E-state index contributed by atoms with van der Waals surface area (Å²) < 4.78 is 7.55. The minimum atomic E-state index is 0.384. The molecule has 0 aliphatic carbocycles. The monoisotopic (exact) mass is 275 g/mol. The molecule has 20 heavy (non-hydrogen) atoms. The van der Waals surface area contributed by atoms with Crippen molar-refractivity contribution in [3.63, 3.8) is 0 Å². The summed E-state index contributed by atoms with van der Waals surface area (Å²) in [5, 5.41) is 3.54. The molecule has 1 unspecified atom stereocenters. The predicted octanol–water partition coefficient (Wildman–Crippen LogP) is 2.96. The zero-order valence-corrected chi connectivity index (χ0v) is 12.7. The summed E-state index contributed by atoms with van der Waals surface area (Å²) in [6.07, 6.45) is 2.17. The quantitative estimate of drug-likeness (QED) is 0.805. The maximum Gasteiger partial charge on any atom is 0.123 e. The van der Waals surface area contributed by atoms with Crippen LogP contribution in [0.5, 0.6) is 0 Å². The summed E-state index contributed by atoms with van der Waals surface area (Å²) in [4.78, 5) is 4.76. The summed E-state index contributed by atoms with van der Waals surface area (Å²) in [5.74, 6) is 1.11. The predicted molar refractivity (Wildman–Crippen MR) is 82.8 cm³/mol. The van der Waals surface area contributed by atoms with Crippen LogP contribution in [-0.4, -0.2) is 29.3 Å². The first kappa shape index (κ1) is 15.0. The fraction of sp³-hybridized carbons (Fsp3) is 0.562. The van der Waals surface area contributed by atoms with E-state index in [0.717, 1.165) is 43.9 Å². The number of para-hydroxylation sites is 2. The van der Waals surface area contributed by atoms with Crippen molar-refractivity contribution in [2.75, 3.05) is 13.7 Å². The van der Waals surface area contributed by atoms with Gasteiger partial charge in [0.05, 0.1) is 24.2 Å². The Balaban J connectivity index is 2.17. The van der Waals surface area contributed by atoms with Crippen molar-refractivity contribution in [1.82, 2.24) is 14.9 Å². The lowest BCUT2D eigenvalue weighted by atomic mass is 10.2. The average Bonchev–Trinajstić information content (AvgIpc) is 2.82. The number of nitrogens with zero attached hydrogens (tertiary/aromatic N) is 2. The van der Waals surface area contributed by atoms with Gasteiger partial charge in [-0.3, -0.25) is 0 Å². The lowest BCUT2D eigenvalue weighted by Crippen LogP contribution is -2.33. The van der Waals surface area contributed by atoms with Gasteiger partial charge in [-0.2, -0.15) is 0 Å². The number of rotatable bonds is 8. The Bertz CT molecular complexity index is 536. The number of aryl methyl sites for hydroxylation is 1. The Morgan fingerprint density at radius 3 is 2.80 bits per heavy atom. The van der Waals surface area contributed by atoms with Gasteiger partial charge in [-0.15, -0.1) is 0 Å². The van der Waals surface area contributed by atoms with Crippen molar-refractivity contribution in [3.8, 4) is 0 Å². The molecule has 2 rings (SSSR count). The number of fused-ring (bicyclic) bond motifs is 1. The van der Waals surface area contributed by atoms with Crippen molar-refractivity contribution in [2.45, 2.75) is 45.8 Å². The van der Waals surface area contributed by atoms with Crippen LogP contribution in [0.15, 0.2) is 24.3 Å². The Morgan fingerprint density at radius 2 is 2.10 bits per heavy atom. The van der Waals surface area contributed by atoms with E-state index in [0.29, 0.717) is 6.04 Å². The van der Waals surface area contributed by atoms with Crippen LogP contribution in [0.25, 0.3) is 11.0 Å². The summed E-state index contributed by atoms with van der Waals surface area (Å²) in [5.41, 5.74) is 2.31. The van der Waals surface area contributed by atoms with E-state index in [1.807, 2.05) is 6.07 Å². The first-order chi connectivity index (χ1) is 9.80. The molecule has 4 nitrogen and oxygen atoms in total. The van der Waals surface area contributed by atoms with Gasteiger partial charge in [0.15, 0.2) is 0 Å². The second-order valence-electron chi connectivity index (χ2n) is 5.11. The van der Waals surface area contributed by atoms with Crippen molar-refractivity contribution in [2.24, 2.45) is 0 Å².